The Balaban J connectivity index is 2.15. The predicted octanol–water partition coefficient (Wildman–Crippen LogP) is 3.09. The van der Waals surface area contributed by atoms with Crippen molar-refractivity contribution in [1.82, 2.24) is 5.32 Å². The topological polar surface area (TPSA) is 102 Å². The summed E-state index contributed by atoms with van der Waals surface area (Å²) in [7, 11) is -2.85. The molecule has 0 unspecified atom stereocenters. The number of anilines is 1. The second-order valence-corrected chi connectivity index (χ2v) is 8.50. The number of methoxy groups -OCH3 is 1. The molecule has 0 aliphatic carbocycles. The van der Waals surface area contributed by atoms with Gasteiger partial charge in [-0.15, -0.1) is 0 Å². The molecule has 2 aromatic rings. The van der Waals surface area contributed by atoms with Gasteiger partial charge in [-0.25, -0.2) is 13.2 Å². The summed E-state index contributed by atoms with van der Waals surface area (Å²) >= 11 is 0.347. The Labute approximate surface area is 170 Å². The van der Waals surface area contributed by atoms with Crippen LogP contribution in [0.25, 0.3) is 0 Å². The van der Waals surface area contributed by atoms with Gasteiger partial charge in [0.05, 0.1) is 12.0 Å². The summed E-state index contributed by atoms with van der Waals surface area (Å²) in [5.74, 6) is -3.86. The number of sulfonamides is 1. The molecule has 0 aromatic heterocycles. The molecule has 1 amide bonds. The van der Waals surface area contributed by atoms with Gasteiger partial charge in [-0.2, -0.15) is 8.78 Å². The van der Waals surface area contributed by atoms with Gasteiger partial charge in [-0.3, -0.25) is 9.52 Å². The SMILES string of the molecule is COC(=O)[C@H](C)NC(=O)c1cccc(S(=O)(=O)Nc2ccc(SC(F)F)cc2)c1. The molecule has 0 bridgehead atoms. The molecule has 2 N–H and O–H groups in total. The molecule has 156 valence electrons. The van der Waals surface area contributed by atoms with Crippen molar-refractivity contribution in [2.75, 3.05) is 11.8 Å². The van der Waals surface area contributed by atoms with E-state index in [4.69, 9.17) is 0 Å². The Kier molecular flexibility index (Phi) is 7.57. The van der Waals surface area contributed by atoms with Crippen LogP contribution in [0, 0.1) is 0 Å². The van der Waals surface area contributed by atoms with Crippen LogP contribution >= 0.6 is 11.8 Å². The van der Waals surface area contributed by atoms with Crippen LogP contribution < -0.4 is 10.0 Å². The number of thioether (sulfide) groups is 1. The summed E-state index contributed by atoms with van der Waals surface area (Å²) in [5.41, 5.74) is 0.213. The Morgan fingerprint density at radius 1 is 1.10 bits per heavy atom. The Morgan fingerprint density at radius 3 is 2.34 bits per heavy atom. The van der Waals surface area contributed by atoms with Crippen LogP contribution in [0.1, 0.15) is 17.3 Å². The summed E-state index contributed by atoms with van der Waals surface area (Å²) in [6.07, 6.45) is 0. The van der Waals surface area contributed by atoms with Gasteiger partial charge in [0, 0.05) is 16.1 Å². The molecule has 0 saturated carbocycles. The lowest BCUT2D eigenvalue weighted by atomic mass is 10.2. The number of ether oxygens (including phenoxy) is 1. The Bertz CT molecular complexity index is 982. The van der Waals surface area contributed by atoms with E-state index in [0.29, 0.717) is 16.7 Å². The maximum absolute atomic E-state index is 12.6. The van der Waals surface area contributed by atoms with Gasteiger partial charge in [0.25, 0.3) is 21.7 Å². The average Bonchev–Trinajstić information content (AvgIpc) is 2.68. The fourth-order valence-corrected chi connectivity index (χ4v) is 3.84. The molecular formula is C18H18F2N2O5S2. The molecule has 2 rings (SSSR count). The number of esters is 1. The van der Waals surface area contributed by atoms with Crippen molar-refractivity contribution in [1.29, 1.82) is 0 Å². The number of benzene rings is 2. The lowest BCUT2D eigenvalue weighted by Crippen LogP contribution is -2.39. The minimum absolute atomic E-state index is 0.0345. The first-order valence-corrected chi connectivity index (χ1v) is 10.5. The van der Waals surface area contributed by atoms with Crippen molar-refractivity contribution in [2.45, 2.75) is 28.5 Å². The smallest absolute Gasteiger partial charge is 0.328 e. The highest BCUT2D eigenvalue weighted by molar-refractivity contribution is 7.99. The number of carbonyl (C=O) groups excluding carboxylic acids is 2. The number of amides is 1. The van der Waals surface area contributed by atoms with Crippen molar-refractivity contribution in [3.05, 3.63) is 54.1 Å². The van der Waals surface area contributed by atoms with Crippen molar-refractivity contribution in [3.8, 4) is 0 Å². The fraction of sp³-hybridized carbons (Fsp3) is 0.222. The summed E-state index contributed by atoms with van der Waals surface area (Å²) in [4.78, 5) is 23.8. The minimum atomic E-state index is -4.03. The monoisotopic (exact) mass is 444 g/mol. The molecule has 0 spiro atoms. The average molecular weight is 444 g/mol. The van der Waals surface area contributed by atoms with Crippen LogP contribution in [0.15, 0.2) is 58.3 Å². The van der Waals surface area contributed by atoms with Crippen LogP contribution in [0.3, 0.4) is 0 Å². The van der Waals surface area contributed by atoms with Gasteiger partial charge in [-0.05, 0) is 49.4 Å². The van der Waals surface area contributed by atoms with E-state index in [-0.39, 0.29) is 16.1 Å². The van der Waals surface area contributed by atoms with Crippen LogP contribution in [0.5, 0.6) is 0 Å². The van der Waals surface area contributed by atoms with Gasteiger partial charge < -0.3 is 10.1 Å². The highest BCUT2D eigenvalue weighted by Crippen LogP contribution is 2.27. The molecule has 29 heavy (non-hydrogen) atoms. The van der Waals surface area contributed by atoms with Crippen LogP contribution in [-0.4, -0.2) is 39.2 Å². The molecule has 0 fully saturated rings. The van der Waals surface area contributed by atoms with E-state index < -0.39 is 33.7 Å². The molecular weight excluding hydrogens is 426 g/mol. The molecule has 0 aliphatic rings. The molecule has 0 saturated heterocycles. The van der Waals surface area contributed by atoms with Crippen LogP contribution in [0.4, 0.5) is 14.5 Å². The molecule has 1 atom stereocenters. The third-order valence-corrected chi connectivity index (χ3v) is 5.74. The third kappa shape index (κ3) is 6.43. The van der Waals surface area contributed by atoms with Crippen molar-refractivity contribution in [3.63, 3.8) is 0 Å². The summed E-state index contributed by atoms with van der Waals surface area (Å²) < 4.78 is 56.7. The van der Waals surface area contributed by atoms with E-state index in [9.17, 15) is 26.8 Å². The molecule has 0 radical (unpaired) electrons. The van der Waals surface area contributed by atoms with Crippen LogP contribution in [0.2, 0.25) is 0 Å². The lowest BCUT2D eigenvalue weighted by Gasteiger charge is -2.13. The first-order valence-electron chi connectivity index (χ1n) is 8.19. The normalized spacial score (nSPS) is 12.3. The predicted molar refractivity (Wildman–Crippen MR) is 104 cm³/mol. The third-order valence-electron chi connectivity index (χ3n) is 3.64. The van der Waals surface area contributed by atoms with E-state index in [1.807, 2.05) is 0 Å². The summed E-state index contributed by atoms with van der Waals surface area (Å²) in [5, 5.41) is 2.40. The first kappa shape index (κ1) is 22.6. The zero-order chi connectivity index (χ0) is 21.6. The Hall–Kier alpha value is -2.66. The largest absolute Gasteiger partial charge is 0.467 e. The van der Waals surface area contributed by atoms with E-state index >= 15 is 0 Å². The number of hydrogen-bond acceptors (Lipinski definition) is 6. The van der Waals surface area contributed by atoms with Gasteiger partial charge in [0.15, 0.2) is 0 Å². The van der Waals surface area contributed by atoms with Gasteiger partial charge in [0.1, 0.15) is 6.04 Å². The number of nitrogens with one attached hydrogen (secondary N) is 2. The second kappa shape index (κ2) is 9.70. The minimum Gasteiger partial charge on any atom is -0.467 e. The fourth-order valence-electron chi connectivity index (χ4n) is 2.24. The van der Waals surface area contributed by atoms with E-state index in [1.54, 1.807) is 0 Å². The second-order valence-electron chi connectivity index (χ2n) is 5.75. The van der Waals surface area contributed by atoms with Crippen molar-refractivity contribution in [2.24, 2.45) is 0 Å². The van der Waals surface area contributed by atoms with Crippen LogP contribution in [-0.2, 0) is 19.6 Å². The summed E-state index contributed by atoms with van der Waals surface area (Å²) in [6, 6.07) is 9.78. The zero-order valence-corrected chi connectivity index (χ0v) is 17.0. The number of alkyl halides is 2. The maximum atomic E-state index is 12.6. The van der Waals surface area contributed by atoms with Gasteiger partial charge in [0.2, 0.25) is 0 Å². The number of rotatable bonds is 8. The highest BCUT2D eigenvalue weighted by atomic mass is 32.2. The van der Waals surface area contributed by atoms with E-state index in [1.165, 1.54) is 56.5 Å². The first-order chi connectivity index (χ1) is 13.6. The summed E-state index contributed by atoms with van der Waals surface area (Å²) in [6.45, 7) is 1.43. The molecule has 2 aromatic carbocycles. The maximum Gasteiger partial charge on any atom is 0.328 e. The number of carbonyl (C=O) groups is 2. The lowest BCUT2D eigenvalue weighted by molar-refractivity contribution is -0.142. The molecule has 0 heterocycles. The highest BCUT2D eigenvalue weighted by Gasteiger charge is 2.20. The van der Waals surface area contributed by atoms with Crippen molar-refractivity contribution >= 4 is 39.3 Å². The van der Waals surface area contributed by atoms with Gasteiger partial charge >= 0.3 is 5.97 Å². The number of halogens is 2. The van der Waals surface area contributed by atoms with E-state index in [2.05, 4.69) is 14.8 Å². The molecule has 0 aliphatic heterocycles. The van der Waals surface area contributed by atoms with Crippen molar-refractivity contribution < 1.29 is 31.5 Å². The van der Waals surface area contributed by atoms with Gasteiger partial charge in [-0.1, -0.05) is 17.8 Å². The molecule has 11 heteroatoms. The Morgan fingerprint density at radius 2 is 1.76 bits per heavy atom. The van der Waals surface area contributed by atoms with E-state index in [0.717, 1.165) is 6.07 Å². The molecule has 7 nitrogen and oxygen atoms in total. The quantitative estimate of drug-likeness (QED) is 0.479. The zero-order valence-electron chi connectivity index (χ0n) is 15.4. The standard InChI is InChI=1S/C18H18F2N2O5S2/c1-11(17(24)27-2)21-16(23)12-4-3-5-15(10-12)29(25,26)22-13-6-8-14(9-7-13)28-18(19)20/h3-11,18,22H,1-2H3,(H,21,23)/t11-/m0/s1. The number of hydrogen-bond donors (Lipinski definition) is 2.